The smallest absolute Gasteiger partial charge is 0.262 e. The summed E-state index contributed by atoms with van der Waals surface area (Å²) in [5, 5.41) is 15.8. The van der Waals surface area contributed by atoms with Crippen LogP contribution in [-0.2, 0) is 19.2 Å². The van der Waals surface area contributed by atoms with Crippen molar-refractivity contribution in [1.29, 1.82) is 0 Å². The van der Waals surface area contributed by atoms with Crippen LogP contribution in [0.15, 0.2) is 64.5 Å². The Morgan fingerprint density at radius 3 is 2.77 bits per heavy atom. The van der Waals surface area contributed by atoms with Gasteiger partial charge in [-0.2, -0.15) is 4.98 Å². The van der Waals surface area contributed by atoms with Crippen LogP contribution in [0.5, 0.6) is 5.88 Å². The zero-order chi connectivity index (χ0) is 20.7. The van der Waals surface area contributed by atoms with Crippen LogP contribution in [0.4, 0.5) is 0 Å². The zero-order valence-corrected chi connectivity index (χ0v) is 17.4. The van der Waals surface area contributed by atoms with Crippen molar-refractivity contribution in [3.63, 3.8) is 0 Å². The van der Waals surface area contributed by atoms with Gasteiger partial charge in [-0.05, 0) is 23.6 Å². The number of para-hydroxylation sites is 1. The number of rotatable bonds is 4. The van der Waals surface area contributed by atoms with Gasteiger partial charge in [0, 0.05) is 35.9 Å². The first-order valence-electron chi connectivity index (χ1n) is 9.93. The number of aromatic hydroxyl groups is 1. The van der Waals surface area contributed by atoms with Gasteiger partial charge >= 0.3 is 0 Å². The number of thioether (sulfide) groups is 1. The third-order valence-corrected chi connectivity index (χ3v) is 6.72. The van der Waals surface area contributed by atoms with Gasteiger partial charge in [-0.15, -0.1) is 0 Å². The second kappa shape index (κ2) is 7.66. The summed E-state index contributed by atoms with van der Waals surface area (Å²) in [4.78, 5) is 21.1. The molecule has 0 aliphatic carbocycles. The van der Waals surface area contributed by atoms with Crippen molar-refractivity contribution < 1.29 is 5.11 Å². The molecule has 6 nitrogen and oxygen atoms in total. The van der Waals surface area contributed by atoms with Gasteiger partial charge in [0.1, 0.15) is 5.56 Å². The van der Waals surface area contributed by atoms with E-state index in [1.165, 1.54) is 27.3 Å². The topological polar surface area (TPSA) is 82.9 Å². The molecule has 30 heavy (non-hydrogen) atoms. The minimum absolute atomic E-state index is 0.210. The minimum atomic E-state index is -0.416. The van der Waals surface area contributed by atoms with Crippen LogP contribution in [0.3, 0.4) is 0 Å². The molecule has 0 saturated carbocycles. The van der Waals surface area contributed by atoms with Gasteiger partial charge in [-0.25, -0.2) is 0 Å². The SMILES string of the molecule is Cn1c(SCc2ccccc2)nc(O)c(C2NCCc3c2[nH]c2ccccc32)c1=O. The van der Waals surface area contributed by atoms with E-state index in [9.17, 15) is 9.90 Å². The van der Waals surface area contributed by atoms with Crippen LogP contribution in [0, 0.1) is 0 Å². The third-order valence-electron chi connectivity index (χ3n) is 5.62. The molecule has 4 aromatic rings. The van der Waals surface area contributed by atoms with E-state index in [-0.39, 0.29) is 17.0 Å². The molecule has 1 aliphatic rings. The maximum absolute atomic E-state index is 13.2. The molecule has 2 aromatic carbocycles. The Morgan fingerprint density at radius 2 is 1.93 bits per heavy atom. The Labute approximate surface area is 178 Å². The second-order valence-corrected chi connectivity index (χ2v) is 8.41. The van der Waals surface area contributed by atoms with Crippen LogP contribution in [0.25, 0.3) is 10.9 Å². The minimum Gasteiger partial charge on any atom is -0.493 e. The van der Waals surface area contributed by atoms with Crippen LogP contribution < -0.4 is 10.9 Å². The summed E-state index contributed by atoms with van der Waals surface area (Å²) in [6.07, 6.45) is 0.870. The third kappa shape index (κ3) is 3.20. The number of hydrogen-bond donors (Lipinski definition) is 3. The number of nitrogens with one attached hydrogen (secondary N) is 2. The normalized spacial score (nSPS) is 16.0. The summed E-state index contributed by atoms with van der Waals surface area (Å²) in [7, 11) is 1.71. The lowest BCUT2D eigenvalue weighted by Gasteiger charge is -2.25. The van der Waals surface area contributed by atoms with Crippen LogP contribution >= 0.6 is 11.8 Å². The van der Waals surface area contributed by atoms with E-state index in [0.29, 0.717) is 10.9 Å². The number of benzene rings is 2. The highest BCUT2D eigenvalue weighted by atomic mass is 32.2. The first-order chi connectivity index (χ1) is 14.6. The lowest BCUT2D eigenvalue weighted by molar-refractivity contribution is 0.413. The quantitative estimate of drug-likeness (QED) is 0.349. The van der Waals surface area contributed by atoms with Gasteiger partial charge < -0.3 is 15.4 Å². The lowest BCUT2D eigenvalue weighted by Crippen LogP contribution is -2.36. The van der Waals surface area contributed by atoms with Crippen molar-refractivity contribution in [3.05, 3.63) is 87.3 Å². The van der Waals surface area contributed by atoms with E-state index in [1.54, 1.807) is 7.05 Å². The highest BCUT2D eigenvalue weighted by Crippen LogP contribution is 2.35. The van der Waals surface area contributed by atoms with Crippen molar-refractivity contribution in [1.82, 2.24) is 19.9 Å². The highest BCUT2D eigenvalue weighted by molar-refractivity contribution is 7.98. The molecule has 1 atom stereocenters. The Balaban J connectivity index is 1.53. The molecule has 1 unspecified atom stereocenters. The van der Waals surface area contributed by atoms with Crippen LogP contribution in [0.2, 0.25) is 0 Å². The molecular formula is C23H22N4O2S. The van der Waals surface area contributed by atoms with Gasteiger partial charge in [0.25, 0.3) is 5.56 Å². The molecule has 0 bridgehead atoms. The Morgan fingerprint density at radius 1 is 1.17 bits per heavy atom. The van der Waals surface area contributed by atoms with E-state index < -0.39 is 6.04 Å². The van der Waals surface area contributed by atoms with Crippen LogP contribution in [-0.4, -0.2) is 26.2 Å². The molecule has 0 amide bonds. The van der Waals surface area contributed by atoms with Gasteiger partial charge in [-0.3, -0.25) is 9.36 Å². The monoisotopic (exact) mass is 418 g/mol. The van der Waals surface area contributed by atoms with Crippen molar-refractivity contribution in [3.8, 4) is 5.88 Å². The highest BCUT2D eigenvalue weighted by Gasteiger charge is 2.31. The molecular weight excluding hydrogens is 396 g/mol. The average Bonchev–Trinajstić information content (AvgIpc) is 3.16. The standard InChI is InChI=1S/C23H22N4O2S/c1-27-22(29)18(21(28)26-23(27)30-13-14-7-3-2-4-8-14)20-19-16(11-12-24-20)15-9-5-6-10-17(15)25-19/h2-10,20,24-25,28H,11-13H2,1H3. The van der Waals surface area contributed by atoms with Crippen molar-refractivity contribution >= 4 is 22.7 Å². The predicted molar refractivity (Wildman–Crippen MR) is 119 cm³/mol. The Hall–Kier alpha value is -3.03. The average molecular weight is 419 g/mol. The molecule has 1 aliphatic heterocycles. The molecule has 3 N–H and O–H groups in total. The summed E-state index contributed by atoms with van der Waals surface area (Å²) in [6.45, 7) is 0.729. The summed E-state index contributed by atoms with van der Waals surface area (Å²) in [5.74, 6) is 0.464. The molecule has 0 saturated heterocycles. The summed E-state index contributed by atoms with van der Waals surface area (Å²) in [5.41, 5.74) is 4.35. The Kier molecular flexibility index (Phi) is 4.84. The van der Waals surface area contributed by atoms with Gasteiger partial charge in [-0.1, -0.05) is 60.3 Å². The number of nitrogens with zero attached hydrogens (tertiary/aromatic N) is 2. The van der Waals surface area contributed by atoms with Gasteiger partial charge in [0.05, 0.1) is 6.04 Å². The molecule has 5 rings (SSSR count). The van der Waals surface area contributed by atoms with E-state index >= 15 is 0 Å². The van der Waals surface area contributed by atoms with E-state index in [4.69, 9.17) is 0 Å². The van der Waals surface area contributed by atoms with E-state index in [2.05, 4.69) is 21.4 Å². The number of aromatic nitrogens is 3. The maximum Gasteiger partial charge on any atom is 0.262 e. The van der Waals surface area contributed by atoms with Gasteiger partial charge in [0.2, 0.25) is 5.88 Å². The summed E-state index contributed by atoms with van der Waals surface area (Å²) < 4.78 is 1.53. The summed E-state index contributed by atoms with van der Waals surface area (Å²) >= 11 is 1.44. The molecule has 0 radical (unpaired) electrons. The van der Waals surface area contributed by atoms with Crippen molar-refractivity contribution in [2.24, 2.45) is 7.05 Å². The predicted octanol–water partition coefficient (Wildman–Crippen LogP) is 3.49. The second-order valence-electron chi connectivity index (χ2n) is 7.47. The molecule has 152 valence electrons. The number of hydrogen-bond acceptors (Lipinski definition) is 5. The first-order valence-corrected chi connectivity index (χ1v) is 10.9. The fraction of sp³-hybridized carbons (Fsp3) is 0.217. The number of H-pyrrole nitrogens is 1. The molecule has 0 spiro atoms. The van der Waals surface area contributed by atoms with E-state index in [1.807, 2.05) is 48.5 Å². The van der Waals surface area contributed by atoms with E-state index in [0.717, 1.165) is 29.7 Å². The fourth-order valence-corrected chi connectivity index (χ4v) is 5.04. The first kappa shape index (κ1) is 19.0. The number of aromatic amines is 1. The lowest BCUT2D eigenvalue weighted by atomic mass is 9.95. The maximum atomic E-state index is 13.2. The Bertz CT molecular complexity index is 1280. The molecule has 3 heterocycles. The van der Waals surface area contributed by atoms with Crippen molar-refractivity contribution in [2.45, 2.75) is 23.4 Å². The van der Waals surface area contributed by atoms with Crippen molar-refractivity contribution in [2.75, 3.05) is 6.54 Å². The molecule has 7 heteroatoms. The number of fused-ring (bicyclic) bond motifs is 3. The molecule has 2 aromatic heterocycles. The van der Waals surface area contributed by atoms with Gasteiger partial charge in [0.15, 0.2) is 5.16 Å². The summed E-state index contributed by atoms with van der Waals surface area (Å²) in [6, 6.07) is 17.7. The largest absolute Gasteiger partial charge is 0.493 e. The zero-order valence-electron chi connectivity index (χ0n) is 16.6. The molecule has 0 fully saturated rings. The van der Waals surface area contributed by atoms with Crippen LogP contribution in [0.1, 0.15) is 28.4 Å². The fourth-order valence-electron chi connectivity index (χ4n) is 4.12.